The largest absolute Gasteiger partial charge is 0.465 e. The topological polar surface area (TPSA) is 87.2 Å². The van der Waals surface area contributed by atoms with Gasteiger partial charge in [-0.25, -0.2) is 0 Å². The molecule has 2 amide bonds. The molecule has 3 aliphatic heterocycles. The van der Waals surface area contributed by atoms with E-state index >= 15 is 0 Å². The third-order valence-corrected chi connectivity index (χ3v) is 9.92. The van der Waals surface area contributed by atoms with E-state index in [1.54, 1.807) is 33.7 Å². The van der Waals surface area contributed by atoms with Crippen LogP contribution in [0, 0.1) is 11.8 Å². The van der Waals surface area contributed by atoms with Gasteiger partial charge in [-0.1, -0.05) is 42.5 Å². The Hall–Kier alpha value is -2.58. The van der Waals surface area contributed by atoms with Crippen molar-refractivity contribution in [2.24, 2.45) is 11.8 Å². The molecule has 7 nitrogen and oxygen atoms in total. The standard InChI is InChI=1S/C29H38N2O5S/c1-5-7-11-17-36-28(35)23-22-14-15-29(37-22)24(23)26(33)31(21(18-32)20-12-9-8-10-13-20)25(29)27(34)30(16-6-2)19(3)4/h5-6,8-10,12-13,19,21-25,32H,1-2,7,11,14-18H2,3-4H3/t21-,22+,23-,24+,25?,29?/m1/s1. The van der Waals surface area contributed by atoms with Crippen LogP contribution in [0.2, 0.25) is 0 Å². The Balaban J connectivity index is 1.76. The Bertz CT molecular complexity index is 1030. The molecule has 0 aromatic heterocycles. The number of fused-ring (bicyclic) bond motifs is 1. The van der Waals surface area contributed by atoms with Gasteiger partial charge in [0, 0.05) is 17.8 Å². The molecule has 2 unspecified atom stereocenters. The van der Waals surface area contributed by atoms with E-state index in [1.807, 2.05) is 44.2 Å². The lowest BCUT2D eigenvalue weighted by Crippen LogP contribution is -2.57. The molecule has 1 N–H and O–H groups in total. The van der Waals surface area contributed by atoms with E-state index < -0.39 is 28.7 Å². The average Bonchev–Trinajstić information content (AvgIpc) is 3.53. The van der Waals surface area contributed by atoms with Crippen LogP contribution in [0.5, 0.6) is 0 Å². The number of thioether (sulfide) groups is 1. The van der Waals surface area contributed by atoms with Crippen LogP contribution in [0.4, 0.5) is 0 Å². The number of hydrogen-bond donors (Lipinski definition) is 1. The number of carbonyl (C=O) groups is 3. The summed E-state index contributed by atoms with van der Waals surface area (Å²) < 4.78 is 4.90. The molecule has 0 saturated carbocycles. The molecule has 37 heavy (non-hydrogen) atoms. The molecule has 8 heteroatoms. The van der Waals surface area contributed by atoms with E-state index in [1.165, 1.54) is 0 Å². The number of esters is 1. The fourth-order valence-corrected chi connectivity index (χ4v) is 8.54. The monoisotopic (exact) mass is 526 g/mol. The second-order valence-electron chi connectivity index (χ2n) is 10.4. The number of amides is 2. The Labute approximate surface area is 223 Å². The first-order valence-electron chi connectivity index (χ1n) is 13.2. The van der Waals surface area contributed by atoms with Gasteiger partial charge in [0.05, 0.1) is 35.8 Å². The fourth-order valence-electron chi connectivity index (χ4n) is 6.35. The van der Waals surface area contributed by atoms with Gasteiger partial charge in [-0.05, 0) is 45.1 Å². The fraction of sp³-hybridized carbons (Fsp3) is 0.552. The number of benzene rings is 1. The highest BCUT2D eigenvalue weighted by Gasteiger charge is 2.75. The summed E-state index contributed by atoms with van der Waals surface area (Å²) in [6.45, 7) is 11.7. The maximum absolute atomic E-state index is 14.3. The van der Waals surface area contributed by atoms with Crippen molar-refractivity contribution in [1.82, 2.24) is 9.80 Å². The zero-order chi connectivity index (χ0) is 26.7. The first-order valence-corrected chi connectivity index (χ1v) is 14.0. The molecule has 3 heterocycles. The summed E-state index contributed by atoms with van der Waals surface area (Å²) in [5.74, 6) is -2.02. The molecule has 4 rings (SSSR count). The quantitative estimate of drug-likeness (QED) is 0.254. The maximum Gasteiger partial charge on any atom is 0.310 e. The lowest BCUT2D eigenvalue weighted by Gasteiger charge is -2.40. The molecule has 3 saturated heterocycles. The van der Waals surface area contributed by atoms with Crippen molar-refractivity contribution in [2.75, 3.05) is 19.8 Å². The minimum absolute atomic E-state index is 0.0606. The van der Waals surface area contributed by atoms with Gasteiger partial charge in [-0.3, -0.25) is 14.4 Å². The van der Waals surface area contributed by atoms with Crippen LogP contribution in [0.25, 0.3) is 0 Å². The van der Waals surface area contributed by atoms with Crippen LogP contribution < -0.4 is 0 Å². The Morgan fingerprint density at radius 1 is 1.27 bits per heavy atom. The molecule has 1 aromatic rings. The summed E-state index contributed by atoms with van der Waals surface area (Å²) in [6, 6.07) is 7.73. The number of aliphatic hydroxyl groups excluding tert-OH is 1. The molecule has 0 radical (unpaired) electrons. The van der Waals surface area contributed by atoms with Crippen molar-refractivity contribution in [3.63, 3.8) is 0 Å². The second-order valence-corrected chi connectivity index (χ2v) is 12.0. The van der Waals surface area contributed by atoms with Gasteiger partial charge < -0.3 is 19.6 Å². The van der Waals surface area contributed by atoms with E-state index in [-0.39, 0.29) is 42.3 Å². The Morgan fingerprint density at radius 3 is 2.62 bits per heavy atom. The van der Waals surface area contributed by atoms with E-state index in [4.69, 9.17) is 4.74 Å². The number of rotatable bonds is 12. The van der Waals surface area contributed by atoms with Crippen molar-refractivity contribution >= 4 is 29.5 Å². The molecule has 3 aliphatic rings. The van der Waals surface area contributed by atoms with Crippen LogP contribution >= 0.6 is 11.8 Å². The molecule has 1 aromatic carbocycles. The molecule has 200 valence electrons. The normalized spacial score (nSPS) is 28.8. The first-order chi connectivity index (χ1) is 17.8. The van der Waals surface area contributed by atoms with Gasteiger partial charge in [0.15, 0.2) is 0 Å². The van der Waals surface area contributed by atoms with Gasteiger partial charge >= 0.3 is 5.97 Å². The third-order valence-electron chi connectivity index (χ3n) is 7.97. The smallest absolute Gasteiger partial charge is 0.310 e. The number of aliphatic hydroxyl groups is 1. The summed E-state index contributed by atoms with van der Waals surface area (Å²) in [4.78, 5) is 45.2. The highest BCUT2D eigenvalue weighted by Crippen LogP contribution is 2.67. The maximum atomic E-state index is 14.3. The molecule has 1 spiro atoms. The van der Waals surface area contributed by atoms with Crippen LogP contribution in [-0.4, -0.2) is 74.5 Å². The summed E-state index contributed by atoms with van der Waals surface area (Å²) >= 11 is 1.61. The minimum Gasteiger partial charge on any atom is -0.465 e. The molecule has 3 fully saturated rings. The number of hydrogen-bond acceptors (Lipinski definition) is 6. The lowest BCUT2D eigenvalue weighted by molar-refractivity contribution is -0.154. The SMILES string of the molecule is C=CCCCOC(=O)[C@@H]1[C@@H]2CCC3(S2)C(C(=O)N(CC=C)C(C)C)N([C@H](CO)c2ccccc2)C(=O)[C@H]13. The number of ether oxygens (including phenoxy) is 1. The second kappa shape index (κ2) is 11.4. The number of carbonyl (C=O) groups excluding carboxylic acids is 3. The van der Waals surface area contributed by atoms with Crippen LogP contribution in [0.3, 0.4) is 0 Å². The number of likely N-dealkylation sites (tertiary alicyclic amines) is 1. The molecular formula is C29H38N2O5S. The predicted octanol–water partition coefficient (Wildman–Crippen LogP) is 3.74. The van der Waals surface area contributed by atoms with Gasteiger partial charge in [0.1, 0.15) is 6.04 Å². The van der Waals surface area contributed by atoms with E-state index in [9.17, 15) is 19.5 Å². The average molecular weight is 527 g/mol. The van der Waals surface area contributed by atoms with Gasteiger partial charge in [-0.2, -0.15) is 0 Å². The summed E-state index contributed by atoms with van der Waals surface area (Å²) in [5, 5.41) is 10.5. The number of unbranched alkanes of at least 4 members (excludes halogenated alkanes) is 1. The summed E-state index contributed by atoms with van der Waals surface area (Å²) in [6.07, 6.45) is 6.32. The van der Waals surface area contributed by atoms with Gasteiger partial charge in [-0.15, -0.1) is 24.9 Å². The van der Waals surface area contributed by atoms with Crippen molar-refractivity contribution in [3.05, 3.63) is 61.2 Å². The van der Waals surface area contributed by atoms with Crippen molar-refractivity contribution in [1.29, 1.82) is 0 Å². The van der Waals surface area contributed by atoms with E-state index in [2.05, 4.69) is 13.2 Å². The van der Waals surface area contributed by atoms with Gasteiger partial charge in [0.2, 0.25) is 11.8 Å². The molecule has 0 aliphatic carbocycles. The lowest BCUT2D eigenvalue weighted by atomic mass is 9.71. The zero-order valence-corrected chi connectivity index (χ0v) is 22.6. The Morgan fingerprint density at radius 2 is 2.00 bits per heavy atom. The summed E-state index contributed by atoms with van der Waals surface area (Å²) in [5.41, 5.74) is 0.760. The highest BCUT2D eigenvalue weighted by molar-refractivity contribution is 8.02. The van der Waals surface area contributed by atoms with Crippen molar-refractivity contribution in [3.8, 4) is 0 Å². The minimum atomic E-state index is -0.793. The number of nitrogens with zero attached hydrogens (tertiary/aromatic N) is 2. The van der Waals surface area contributed by atoms with E-state index in [0.717, 1.165) is 18.4 Å². The highest BCUT2D eigenvalue weighted by atomic mass is 32.2. The van der Waals surface area contributed by atoms with Crippen LogP contribution in [0.1, 0.15) is 51.1 Å². The molecule has 2 bridgehead atoms. The van der Waals surface area contributed by atoms with Crippen LogP contribution in [0.15, 0.2) is 55.6 Å². The summed E-state index contributed by atoms with van der Waals surface area (Å²) in [7, 11) is 0. The molecule has 6 atom stereocenters. The Kier molecular flexibility index (Phi) is 8.49. The third kappa shape index (κ3) is 4.74. The zero-order valence-electron chi connectivity index (χ0n) is 21.8. The molecular weight excluding hydrogens is 488 g/mol. The van der Waals surface area contributed by atoms with Crippen molar-refractivity contribution in [2.45, 2.75) is 67.7 Å². The first kappa shape index (κ1) is 27.5. The predicted molar refractivity (Wildman–Crippen MR) is 145 cm³/mol. The van der Waals surface area contributed by atoms with E-state index in [0.29, 0.717) is 19.4 Å². The number of allylic oxidation sites excluding steroid dienone is 1. The van der Waals surface area contributed by atoms with Gasteiger partial charge in [0.25, 0.3) is 0 Å². The van der Waals surface area contributed by atoms with Crippen molar-refractivity contribution < 1.29 is 24.2 Å². The van der Waals surface area contributed by atoms with Crippen LogP contribution in [-0.2, 0) is 19.1 Å².